The number of benzene rings is 4. The summed E-state index contributed by atoms with van der Waals surface area (Å²) in [4.78, 5) is 20.6. The van der Waals surface area contributed by atoms with E-state index in [1.165, 1.54) is 0 Å². The molecule has 0 spiro atoms. The Bertz CT molecular complexity index is 1910. The van der Waals surface area contributed by atoms with Crippen molar-refractivity contribution < 1.29 is 4.79 Å². The first kappa shape index (κ1) is 26.9. The van der Waals surface area contributed by atoms with Gasteiger partial charge in [0.15, 0.2) is 0 Å². The Hall–Kier alpha value is -5.94. The van der Waals surface area contributed by atoms with Gasteiger partial charge >= 0.3 is 0 Å². The van der Waals surface area contributed by atoms with Crippen molar-refractivity contribution in [3.63, 3.8) is 0 Å². The van der Waals surface area contributed by atoms with Crippen LogP contribution < -0.4 is 0 Å². The number of hydrogen-bond donors (Lipinski definition) is 0. The molecule has 7 aromatic rings. The van der Waals surface area contributed by atoms with Crippen molar-refractivity contribution in [2.75, 3.05) is 0 Å². The molecule has 44 heavy (non-hydrogen) atoms. The molecule has 0 bridgehead atoms. The number of nitrogens with zero attached hydrogens (tertiary/aromatic N) is 4. The van der Waals surface area contributed by atoms with E-state index in [4.69, 9.17) is 10.1 Å². The Labute approximate surface area is 256 Å². The van der Waals surface area contributed by atoms with E-state index in [9.17, 15) is 4.79 Å². The molecule has 0 aliphatic heterocycles. The van der Waals surface area contributed by atoms with Gasteiger partial charge in [0.2, 0.25) is 0 Å². The highest BCUT2D eigenvalue weighted by atomic mass is 16.1. The third-order valence-corrected chi connectivity index (χ3v) is 7.95. The van der Waals surface area contributed by atoms with E-state index in [0.717, 1.165) is 56.7 Å². The first-order valence-electron chi connectivity index (χ1n) is 14.5. The molecule has 5 heteroatoms. The molecule has 3 aromatic heterocycles. The van der Waals surface area contributed by atoms with Crippen LogP contribution in [0.25, 0.3) is 33.8 Å². The summed E-state index contributed by atoms with van der Waals surface area (Å²) in [7, 11) is 0. The minimum absolute atomic E-state index is 0.627. The highest BCUT2D eigenvalue weighted by molar-refractivity contribution is 5.82. The van der Waals surface area contributed by atoms with Crippen molar-refractivity contribution in [3.05, 3.63) is 186 Å². The van der Waals surface area contributed by atoms with Crippen LogP contribution in [0.1, 0.15) is 27.0 Å². The van der Waals surface area contributed by atoms with Gasteiger partial charge in [-0.3, -0.25) is 19.4 Å². The van der Waals surface area contributed by atoms with Gasteiger partial charge in [-0.15, -0.1) is 0 Å². The Morgan fingerprint density at radius 1 is 0.545 bits per heavy atom. The van der Waals surface area contributed by atoms with Gasteiger partial charge in [0.25, 0.3) is 0 Å². The highest BCUT2D eigenvalue weighted by Crippen LogP contribution is 2.43. The zero-order chi connectivity index (χ0) is 29.8. The van der Waals surface area contributed by atoms with Gasteiger partial charge in [-0.1, -0.05) is 121 Å². The molecule has 0 saturated carbocycles. The molecule has 0 aliphatic rings. The van der Waals surface area contributed by atoms with E-state index in [1.807, 2.05) is 72.9 Å². The first-order chi connectivity index (χ1) is 21.8. The molecule has 210 valence electrons. The minimum atomic E-state index is -0.772. The molecule has 0 amide bonds. The lowest BCUT2D eigenvalue weighted by Crippen LogP contribution is -2.38. The molecule has 3 heterocycles. The van der Waals surface area contributed by atoms with Crippen molar-refractivity contribution in [1.82, 2.24) is 19.7 Å². The van der Waals surface area contributed by atoms with Gasteiger partial charge < -0.3 is 0 Å². The summed E-state index contributed by atoms with van der Waals surface area (Å²) in [5.41, 5.74) is 8.29. The van der Waals surface area contributed by atoms with E-state index < -0.39 is 5.54 Å². The lowest BCUT2D eigenvalue weighted by molar-refractivity contribution is 0.112. The van der Waals surface area contributed by atoms with Gasteiger partial charge in [-0.25, -0.2) is 0 Å². The van der Waals surface area contributed by atoms with Gasteiger partial charge in [0, 0.05) is 35.3 Å². The molecule has 4 aromatic carbocycles. The van der Waals surface area contributed by atoms with Crippen LogP contribution in [-0.4, -0.2) is 26.0 Å². The van der Waals surface area contributed by atoms with Gasteiger partial charge in [0.1, 0.15) is 17.5 Å². The first-order valence-corrected chi connectivity index (χ1v) is 14.5. The lowest BCUT2D eigenvalue weighted by Gasteiger charge is -2.36. The monoisotopic (exact) mass is 568 g/mol. The Balaban J connectivity index is 1.51. The summed E-state index contributed by atoms with van der Waals surface area (Å²) >= 11 is 0. The van der Waals surface area contributed by atoms with Crippen LogP contribution in [0, 0.1) is 0 Å². The molecule has 0 unspecified atom stereocenters. The number of carbonyl (C=O) groups excluding carboxylic acids is 1. The summed E-state index contributed by atoms with van der Waals surface area (Å²) in [6, 6.07) is 49.0. The summed E-state index contributed by atoms with van der Waals surface area (Å²) in [5, 5.41) is 5.38. The molecule has 0 fully saturated rings. The summed E-state index contributed by atoms with van der Waals surface area (Å²) < 4.78 is 2.09. The van der Waals surface area contributed by atoms with Crippen LogP contribution in [-0.2, 0) is 5.54 Å². The van der Waals surface area contributed by atoms with Crippen LogP contribution in [0.5, 0.6) is 0 Å². The zero-order valence-electron chi connectivity index (χ0n) is 23.9. The van der Waals surface area contributed by atoms with Gasteiger partial charge in [-0.05, 0) is 46.5 Å². The van der Waals surface area contributed by atoms with E-state index >= 15 is 0 Å². The summed E-state index contributed by atoms with van der Waals surface area (Å²) in [6.07, 6.45) is 6.59. The van der Waals surface area contributed by atoms with Crippen LogP contribution in [0.4, 0.5) is 0 Å². The molecule has 0 aliphatic carbocycles. The van der Waals surface area contributed by atoms with Crippen molar-refractivity contribution >= 4 is 6.29 Å². The van der Waals surface area contributed by atoms with E-state index in [0.29, 0.717) is 5.56 Å². The number of carbonyl (C=O) groups is 1. The molecule has 0 saturated heterocycles. The fourth-order valence-electron chi connectivity index (χ4n) is 5.87. The lowest BCUT2D eigenvalue weighted by atomic mass is 9.77. The molecule has 0 N–H and O–H groups in total. The Morgan fingerprint density at radius 3 is 1.66 bits per heavy atom. The third-order valence-electron chi connectivity index (χ3n) is 7.95. The van der Waals surface area contributed by atoms with E-state index in [2.05, 4.69) is 94.7 Å². The van der Waals surface area contributed by atoms with Crippen molar-refractivity contribution in [2.24, 2.45) is 0 Å². The average Bonchev–Trinajstić information content (AvgIpc) is 3.56. The third kappa shape index (κ3) is 4.80. The second-order valence-electron chi connectivity index (χ2n) is 10.5. The SMILES string of the molecule is O=Cc1ccc(-c2cc(-c3cn(C(c4ccccc4)(c4ccccc4)c4ccccc4)nc3-c3ccccn3)ccn2)cc1. The van der Waals surface area contributed by atoms with Crippen LogP contribution >= 0.6 is 0 Å². The molecule has 7 rings (SSSR count). The van der Waals surface area contributed by atoms with E-state index in [1.54, 1.807) is 6.20 Å². The number of aldehydes is 1. The Morgan fingerprint density at radius 2 is 1.11 bits per heavy atom. The number of hydrogen-bond acceptors (Lipinski definition) is 4. The van der Waals surface area contributed by atoms with Crippen LogP contribution in [0.3, 0.4) is 0 Å². The standard InChI is InChI=1S/C39H28N4O/c44-28-29-19-21-30(22-20-29)37-26-31(23-25-41-37)35-27-43(42-38(35)36-18-10-11-24-40-36)39(32-12-4-1-5-13-32,33-14-6-2-7-15-33)34-16-8-3-9-17-34/h1-28H. The smallest absolute Gasteiger partial charge is 0.150 e. The highest BCUT2D eigenvalue weighted by Gasteiger charge is 2.40. The predicted octanol–water partition coefficient (Wildman–Crippen LogP) is 8.33. The average molecular weight is 569 g/mol. The quantitative estimate of drug-likeness (QED) is 0.137. The minimum Gasteiger partial charge on any atom is -0.298 e. The molecular weight excluding hydrogens is 540 g/mol. The number of aromatic nitrogens is 4. The molecular formula is C39H28N4O. The largest absolute Gasteiger partial charge is 0.298 e. The predicted molar refractivity (Wildman–Crippen MR) is 174 cm³/mol. The summed E-state index contributed by atoms with van der Waals surface area (Å²) in [6.45, 7) is 0. The number of rotatable bonds is 8. The van der Waals surface area contributed by atoms with Gasteiger partial charge in [0.05, 0.1) is 11.4 Å². The van der Waals surface area contributed by atoms with Crippen LogP contribution in [0.2, 0.25) is 0 Å². The summed E-state index contributed by atoms with van der Waals surface area (Å²) in [5.74, 6) is 0. The van der Waals surface area contributed by atoms with Crippen molar-refractivity contribution in [3.8, 4) is 33.8 Å². The molecule has 0 radical (unpaired) electrons. The maximum atomic E-state index is 11.2. The maximum absolute atomic E-state index is 11.2. The fourth-order valence-corrected chi connectivity index (χ4v) is 5.87. The second-order valence-corrected chi connectivity index (χ2v) is 10.5. The Kier molecular flexibility index (Phi) is 7.19. The normalized spacial score (nSPS) is 11.3. The number of pyridine rings is 2. The maximum Gasteiger partial charge on any atom is 0.150 e. The van der Waals surface area contributed by atoms with Crippen LogP contribution in [0.15, 0.2) is 164 Å². The van der Waals surface area contributed by atoms with Crippen molar-refractivity contribution in [2.45, 2.75) is 5.54 Å². The molecule has 0 atom stereocenters. The molecule has 5 nitrogen and oxygen atoms in total. The zero-order valence-corrected chi connectivity index (χ0v) is 23.9. The fraction of sp³-hybridized carbons (Fsp3) is 0.0256. The topological polar surface area (TPSA) is 60.7 Å². The van der Waals surface area contributed by atoms with E-state index in [-0.39, 0.29) is 0 Å². The second kappa shape index (κ2) is 11.7. The van der Waals surface area contributed by atoms with Crippen molar-refractivity contribution in [1.29, 1.82) is 0 Å². The van der Waals surface area contributed by atoms with Gasteiger partial charge in [-0.2, -0.15) is 5.10 Å².